The quantitative estimate of drug-likeness (QED) is 0.675. The normalized spacial score (nSPS) is 14.3. The minimum atomic E-state index is -0.166. The molecule has 1 aliphatic heterocycles. The van der Waals surface area contributed by atoms with Crippen molar-refractivity contribution in [3.8, 4) is 5.69 Å². The number of rotatable bonds is 2. The second kappa shape index (κ2) is 6.06. The summed E-state index contributed by atoms with van der Waals surface area (Å²) in [6, 6.07) is 12.8. The maximum absolute atomic E-state index is 12.9. The van der Waals surface area contributed by atoms with Crippen LogP contribution in [0.25, 0.3) is 17.3 Å². The van der Waals surface area contributed by atoms with Gasteiger partial charge in [0.2, 0.25) is 0 Å². The van der Waals surface area contributed by atoms with Gasteiger partial charge in [0, 0.05) is 33.1 Å². The minimum Gasteiger partial charge on any atom is -0.295 e. The summed E-state index contributed by atoms with van der Waals surface area (Å²) >= 11 is 12.1. The first-order chi connectivity index (χ1) is 12.0. The molecule has 0 saturated heterocycles. The molecule has 0 atom stereocenters. The molecule has 1 aliphatic rings. The van der Waals surface area contributed by atoms with Crippen LogP contribution in [0.1, 0.15) is 16.8 Å². The average Bonchev–Trinajstić information content (AvgIpc) is 3.10. The molecule has 0 spiro atoms. The van der Waals surface area contributed by atoms with E-state index in [2.05, 4.69) is 10.1 Å². The molecule has 0 amide bonds. The second-order valence-corrected chi connectivity index (χ2v) is 6.67. The number of nitrogens with zero attached hydrogens (tertiary/aromatic N) is 2. The first kappa shape index (κ1) is 15.9. The van der Waals surface area contributed by atoms with Gasteiger partial charge in [0.05, 0.1) is 16.9 Å². The molecule has 0 bridgehead atoms. The van der Waals surface area contributed by atoms with E-state index in [1.54, 1.807) is 24.4 Å². The molecule has 3 aromatic rings. The highest BCUT2D eigenvalue weighted by molar-refractivity contribution is 6.34. The van der Waals surface area contributed by atoms with Crippen molar-refractivity contribution in [3.63, 3.8) is 0 Å². The van der Waals surface area contributed by atoms with E-state index in [0.29, 0.717) is 21.3 Å². The summed E-state index contributed by atoms with van der Waals surface area (Å²) in [5, 5.41) is 4.02. The van der Waals surface area contributed by atoms with Crippen LogP contribution in [0, 0.1) is 6.92 Å². The summed E-state index contributed by atoms with van der Waals surface area (Å²) in [7, 11) is 0. The molecule has 0 aliphatic carbocycles. The molecule has 4 rings (SSSR count). The number of allylic oxidation sites excluding steroid dienone is 1. The van der Waals surface area contributed by atoms with E-state index in [1.807, 2.05) is 37.3 Å². The lowest BCUT2D eigenvalue weighted by Crippen LogP contribution is -2.16. The number of aryl methyl sites for hydroxylation is 1. The topological polar surface area (TPSA) is 50.1 Å². The van der Waals surface area contributed by atoms with Crippen LogP contribution >= 0.6 is 23.2 Å². The lowest BCUT2D eigenvalue weighted by Gasteiger charge is -2.03. The Labute approximate surface area is 154 Å². The third-order valence-corrected chi connectivity index (χ3v) is 4.52. The van der Waals surface area contributed by atoms with Gasteiger partial charge in [-0.3, -0.25) is 14.9 Å². The summed E-state index contributed by atoms with van der Waals surface area (Å²) in [4.78, 5) is 17.2. The summed E-state index contributed by atoms with van der Waals surface area (Å²) in [5.41, 5.74) is 4.59. The molecule has 4 nitrogen and oxygen atoms in total. The van der Waals surface area contributed by atoms with E-state index in [0.717, 1.165) is 22.5 Å². The molecule has 0 unspecified atom stereocenters. The molecule has 2 aromatic carbocycles. The molecular weight excluding hydrogens is 357 g/mol. The van der Waals surface area contributed by atoms with Gasteiger partial charge in [0.25, 0.3) is 5.56 Å². The number of nitrogens with one attached hydrogen (secondary N) is 1. The maximum Gasteiger partial charge on any atom is 0.278 e. The van der Waals surface area contributed by atoms with E-state index in [9.17, 15) is 4.79 Å². The van der Waals surface area contributed by atoms with Crippen molar-refractivity contribution in [1.82, 2.24) is 9.78 Å². The van der Waals surface area contributed by atoms with Crippen LogP contribution in [-0.2, 0) is 0 Å². The maximum atomic E-state index is 12.9. The van der Waals surface area contributed by atoms with Crippen LogP contribution in [0.5, 0.6) is 0 Å². The van der Waals surface area contributed by atoms with Crippen molar-refractivity contribution in [2.24, 2.45) is 4.99 Å². The molecule has 0 radical (unpaired) electrons. The molecule has 25 heavy (non-hydrogen) atoms. The van der Waals surface area contributed by atoms with Crippen LogP contribution in [-0.4, -0.2) is 16.0 Å². The van der Waals surface area contributed by atoms with Gasteiger partial charge in [-0.2, -0.15) is 0 Å². The predicted molar refractivity (Wildman–Crippen MR) is 104 cm³/mol. The van der Waals surface area contributed by atoms with Crippen LogP contribution in [0.4, 0.5) is 5.69 Å². The van der Waals surface area contributed by atoms with E-state index < -0.39 is 0 Å². The number of benzene rings is 2. The number of fused-ring (bicyclic) bond motifs is 1. The van der Waals surface area contributed by atoms with Crippen molar-refractivity contribution in [2.45, 2.75) is 6.92 Å². The van der Waals surface area contributed by atoms with Gasteiger partial charge >= 0.3 is 0 Å². The average molecular weight is 370 g/mol. The number of hydrogen-bond donors (Lipinski definition) is 1. The fourth-order valence-corrected chi connectivity index (χ4v) is 3.40. The monoisotopic (exact) mass is 369 g/mol. The number of hydrogen-bond acceptors (Lipinski definition) is 2. The van der Waals surface area contributed by atoms with Gasteiger partial charge in [-0.1, -0.05) is 41.4 Å². The molecule has 1 N–H and O–H groups in total. The van der Waals surface area contributed by atoms with E-state index in [1.165, 1.54) is 4.68 Å². The van der Waals surface area contributed by atoms with Crippen LogP contribution in [0.2, 0.25) is 10.0 Å². The van der Waals surface area contributed by atoms with Crippen molar-refractivity contribution in [1.29, 1.82) is 0 Å². The first-order valence-corrected chi connectivity index (χ1v) is 8.42. The van der Waals surface area contributed by atoms with Crippen molar-refractivity contribution >= 4 is 46.8 Å². The van der Waals surface area contributed by atoms with E-state index in [4.69, 9.17) is 23.2 Å². The van der Waals surface area contributed by atoms with Gasteiger partial charge < -0.3 is 0 Å². The second-order valence-electron chi connectivity index (χ2n) is 5.79. The van der Waals surface area contributed by atoms with Crippen molar-refractivity contribution < 1.29 is 0 Å². The zero-order chi connectivity index (χ0) is 17.6. The summed E-state index contributed by atoms with van der Waals surface area (Å²) < 4.78 is 1.44. The lowest BCUT2D eigenvalue weighted by atomic mass is 10.0. The number of aromatic amines is 1. The van der Waals surface area contributed by atoms with E-state index >= 15 is 0 Å². The number of aliphatic imine (C=N–C) groups is 1. The number of H-pyrrole nitrogens is 1. The molecule has 6 heteroatoms. The SMILES string of the molecule is Cc1[nH]n(-c2cc(Cl)cc(Cl)c2)c(=O)c1/C=C1\C=Nc2ccccc21. The molecule has 0 fully saturated rings. The Balaban J connectivity index is 1.84. The molecule has 2 heterocycles. The third-order valence-electron chi connectivity index (χ3n) is 4.08. The van der Waals surface area contributed by atoms with E-state index in [-0.39, 0.29) is 5.56 Å². The molecule has 1 aromatic heterocycles. The summed E-state index contributed by atoms with van der Waals surface area (Å²) in [6.07, 6.45) is 3.63. The Morgan fingerprint density at radius 2 is 1.84 bits per heavy atom. The standard InChI is InChI=1S/C19H13Cl2N3O/c1-11-17(6-12-10-22-18-5-3-2-4-16(12)18)19(25)24(23-11)15-8-13(20)7-14(21)9-15/h2-10,23H,1H3/b12-6+. The number of halogens is 2. The van der Waals surface area contributed by atoms with Crippen molar-refractivity contribution in [3.05, 3.63) is 79.7 Å². The first-order valence-electron chi connectivity index (χ1n) is 7.66. The minimum absolute atomic E-state index is 0.166. The van der Waals surface area contributed by atoms with Crippen LogP contribution in [0.15, 0.2) is 52.3 Å². The zero-order valence-corrected chi connectivity index (χ0v) is 14.8. The Hall–Kier alpha value is -2.56. The lowest BCUT2D eigenvalue weighted by molar-refractivity contribution is 0.835. The Morgan fingerprint density at radius 3 is 2.60 bits per heavy atom. The van der Waals surface area contributed by atoms with Crippen LogP contribution in [0.3, 0.4) is 0 Å². The highest BCUT2D eigenvalue weighted by Crippen LogP contribution is 2.32. The summed E-state index contributed by atoms with van der Waals surface area (Å²) in [5.74, 6) is 0. The predicted octanol–water partition coefficient (Wildman–Crippen LogP) is 5.04. The van der Waals surface area contributed by atoms with Crippen molar-refractivity contribution in [2.75, 3.05) is 0 Å². The molecule has 124 valence electrons. The third kappa shape index (κ3) is 2.84. The molecule has 0 saturated carbocycles. The zero-order valence-electron chi connectivity index (χ0n) is 13.3. The smallest absolute Gasteiger partial charge is 0.278 e. The fraction of sp³-hybridized carbons (Fsp3) is 0.0526. The molecular formula is C19H13Cl2N3O. The van der Waals surface area contributed by atoms with Gasteiger partial charge in [-0.15, -0.1) is 0 Å². The van der Waals surface area contributed by atoms with Gasteiger partial charge in [0.1, 0.15) is 0 Å². The Morgan fingerprint density at radius 1 is 1.12 bits per heavy atom. The highest BCUT2D eigenvalue weighted by Gasteiger charge is 2.16. The van der Waals surface area contributed by atoms with Gasteiger partial charge in [-0.25, -0.2) is 4.68 Å². The summed E-state index contributed by atoms with van der Waals surface area (Å²) in [6.45, 7) is 1.86. The van der Waals surface area contributed by atoms with Crippen LogP contribution < -0.4 is 5.56 Å². The Kier molecular flexibility index (Phi) is 3.86. The largest absolute Gasteiger partial charge is 0.295 e. The van der Waals surface area contributed by atoms with Gasteiger partial charge in [-0.05, 0) is 37.3 Å². The Bertz CT molecular complexity index is 1090. The highest BCUT2D eigenvalue weighted by atomic mass is 35.5. The number of aromatic nitrogens is 2. The van der Waals surface area contributed by atoms with Gasteiger partial charge in [0.15, 0.2) is 0 Å². The fourth-order valence-electron chi connectivity index (χ4n) is 2.89. The number of para-hydroxylation sites is 1.